The Morgan fingerprint density at radius 2 is 2.21 bits per heavy atom. The molecule has 4 nitrogen and oxygen atoms in total. The van der Waals surface area contributed by atoms with Gasteiger partial charge in [0.2, 0.25) is 0 Å². The molecule has 0 spiro atoms. The van der Waals surface area contributed by atoms with Gasteiger partial charge in [-0.25, -0.2) is 0 Å². The maximum Gasteiger partial charge on any atom is 0.191 e. The quantitative estimate of drug-likeness (QED) is 0.648. The third kappa shape index (κ3) is 4.14. The van der Waals surface area contributed by atoms with Crippen LogP contribution in [-0.4, -0.2) is 47.1 Å². The number of nitrogens with zero attached hydrogens (tertiary/aromatic N) is 2. The minimum absolute atomic E-state index is 0.318. The van der Waals surface area contributed by atoms with Gasteiger partial charge in [0, 0.05) is 24.6 Å². The van der Waals surface area contributed by atoms with Crippen LogP contribution in [0.5, 0.6) is 0 Å². The first kappa shape index (κ1) is 14.2. The van der Waals surface area contributed by atoms with Gasteiger partial charge < -0.3 is 15.7 Å². The van der Waals surface area contributed by atoms with E-state index in [4.69, 9.17) is 5.73 Å². The molecule has 1 fully saturated rings. The number of hydrogen-bond acceptors (Lipinski definition) is 3. The van der Waals surface area contributed by atoms with Crippen molar-refractivity contribution in [1.29, 1.82) is 0 Å². The molecule has 1 heterocycles. The van der Waals surface area contributed by atoms with Gasteiger partial charge in [-0.3, -0.25) is 4.99 Å². The number of thioether (sulfide) groups is 1. The Morgan fingerprint density at radius 1 is 1.47 bits per heavy atom. The number of hydrogen-bond donors (Lipinski definition) is 2. The van der Waals surface area contributed by atoms with Gasteiger partial charge in [-0.1, -0.05) is 29.8 Å². The molecule has 0 radical (unpaired) electrons. The Balaban J connectivity index is 1.93. The molecule has 1 saturated heterocycles. The van der Waals surface area contributed by atoms with Gasteiger partial charge in [0.05, 0.1) is 12.6 Å². The Kier molecular flexibility index (Phi) is 5.10. The summed E-state index contributed by atoms with van der Waals surface area (Å²) in [5.41, 5.74) is 7.99. The van der Waals surface area contributed by atoms with E-state index in [0.29, 0.717) is 12.5 Å². The molecule has 2 rings (SSSR count). The van der Waals surface area contributed by atoms with Crippen LogP contribution in [0.25, 0.3) is 0 Å². The van der Waals surface area contributed by atoms with Gasteiger partial charge in [-0.05, 0) is 12.5 Å². The number of aliphatic hydroxyl groups is 1. The molecule has 104 valence electrons. The minimum atomic E-state index is -0.586. The summed E-state index contributed by atoms with van der Waals surface area (Å²) < 4.78 is 0. The highest BCUT2D eigenvalue weighted by molar-refractivity contribution is 7.99. The summed E-state index contributed by atoms with van der Waals surface area (Å²) in [6.45, 7) is 4.22. The molecule has 1 aliphatic heterocycles. The Morgan fingerprint density at radius 3 is 2.89 bits per heavy atom. The zero-order chi connectivity index (χ0) is 13.7. The normalized spacial score (nSPS) is 18.4. The molecule has 0 amide bonds. The van der Waals surface area contributed by atoms with Crippen molar-refractivity contribution in [3.05, 3.63) is 35.4 Å². The number of guanidine groups is 1. The van der Waals surface area contributed by atoms with Crippen LogP contribution < -0.4 is 5.73 Å². The van der Waals surface area contributed by atoms with Gasteiger partial charge in [-0.2, -0.15) is 11.8 Å². The molecule has 0 bridgehead atoms. The smallest absolute Gasteiger partial charge is 0.191 e. The molecule has 1 atom stereocenters. The van der Waals surface area contributed by atoms with Crippen molar-refractivity contribution in [2.75, 3.05) is 31.1 Å². The van der Waals surface area contributed by atoms with Crippen LogP contribution in [0.2, 0.25) is 0 Å². The molecule has 0 saturated carbocycles. The maximum atomic E-state index is 10.1. The fraction of sp³-hybridized carbons (Fsp3) is 0.500. The van der Waals surface area contributed by atoms with E-state index in [2.05, 4.69) is 9.89 Å². The third-order valence-corrected chi connectivity index (χ3v) is 4.13. The lowest BCUT2D eigenvalue weighted by Crippen LogP contribution is -2.42. The van der Waals surface area contributed by atoms with Gasteiger partial charge in [0.25, 0.3) is 0 Å². The summed E-state index contributed by atoms with van der Waals surface area (Å²) in [6, 6.07) is 7.86. The Hall–Kier alpha value is -1.20. The zero-order valence-corrected chi connectivity index (χ0v) is 12.1. The Bertz CT molecular complexity index is 444. The van der Waals surface area contributed by atoms with Crippen LogP contribution in [-0.2, 0) is 0 Å². The molecule has 1 aliphatic rings. The molecular weight excluding hydrogens is 258 g/mol. The molecule has 0 aliphatic carbocycles. The highest BCUT2D eigenvalue weighted by atomic mass is 32.2. The lowest BCUT2D eigenvalue weighted by molar-refractivity contribution is 0.186. The second kappa shape index (κ2) is 6.82. The van der Waals surface area contributed by atoms with Crippen molar-refractivity contribution < 1.29 is 5.11 Å². The topological polar surface area (TPSA) is 61.9 Å². The summed E-state index contributed by atoms with van der Waals surface area (Å²) in [5, 5.41) is 10.1. The van der Waals surface area contributed by atoms with Crippen LogP contribution in [0.15, 0.2) is 29.3 Å². The standard InChI is InChI=1S/C14H21N3OS/c1-11-3-2-4-12(9-11)13(18)10-16-14(15)17-5-7-19-8-6-17/h2-4,9,13,18H,5-8,10H2,1H3,(H2,15,16). The van der Waals surface area contributed by atoms with Gasteiger partial charge in [0.1, 0.15) is 0 Å². The van der Waals surface area contributed by atoms with Crippen molar-refractivity contribution in [2.24, 2.45) is 10.7 Å². The summed E-state index contributed by atoms with van der Waals surface area (Å²) in [6.07, 6.45) is -0.586. The van der Waals surface area contributed by atoms with Gasteiger partial charge in [-0.15, -0.1) is 0 Å². The first-order valence-electron chi connectivity index (χ1n) is 6.54. The van der Waals surface area contributed by atoms with E-state index in [1.807, 2.05) is 43.0 Å². The molecule has 1 unspecified atom stereocenters. The number of rotatable bonds is 3. The average Bonchev–Trinajstić information content (AvgIpc) is 2.45. The molecule has 3 N–H and O–H groups in total. The van der Waals surface area contributed by atoms with Crippen LogP contribution in [0, 0.1) is 6.92 Å². The minimum Gasteiger partial charge on any atom is -0.386 e. The van der Waals surface area contributed by atoms with Gasteiger partial charge >= 0.3 is 0 Å². The van der Waals surface area contributed by atoms with E-state index >= 15 is 0 Å². The zero-order valence-electron chi connectivity index (χ0n) is 11.2. The summed E-state index contributed by atoms with van der Waals surface area (Å²) in [4.78, 5) is 6.40. The third-order valence-electron chi connectivity index (χ3n) is 3.19. The summed E-state index contributed by atoms with van der Waals surface area (Å²) >= 11 is 1.94. The van der Waals surface area contributed by atoms with E-state index < -0.39 is 6.10 Å². The largest absolute Gasteiger partial charge is 0.386 e. The second-order valence-electron chi connectivity index (χ2n) is 4.73. The van der Waals surface area contributed by atoms with E-state index in [1.54, 1.807) is 0 Å². The summed E-state index contributed by atoms with van der Waals surface area (Å²) in [7, 11) is 0. The van der Waals surface area contributed by atoms with Crippen molar-refractivity contribution in [3.63, 3.8) is 0 Å². The van der Waals surface area contributed by atoms with E-state index in [1.165, 1.54) is 0 Å². The lowest BCUT2D eigenvalue weighted by atomic mass is 10.1. The lowest BCUT2D eigenvalue weighted by Gasteiger charge is -2.27. The maximum absolute atomic E-state index is 10.1. The fourth-order valence-corrected chi connectivity index (χ4v) is 2.96. The van der Waals surface area contributed by atoms with Crippen LogP contribution in [0.1, 0.15) is 17.2 Å². The number of benzene rings is 1. The molecule has 1 aromatic rings. The molecule has 0 aromatic heterocycles. The SMILES string of the molecule is Cc1cccc(C(O)CN=C(N)N2CCSCC2)c1. The highest BCUT2D eigenvalue weighted by Crippen LogP contribution is 2.15. The average molecular weight is 279 g/mol. The Labute approximate surface area is 118 Å². The number of aliphatic hydroxyl groups excluding tert-OH is 1. The molecule has 1 aromatic carbocycles. The van der Waals surface area contributed by atoms with Crippen LogP contribution in [0.4, 0.5) is 0 Å². The van der Waals surface area contributed by atoms with Gasteiger partial charge in [0.15, 0.2) is 5.96 Å². The van der Waals surface area contributed by atoms with E-state index in [0.717, 1.165) is 35.7 Å². The number of aliphatic imine (C=N–C) groups is 1. The van der Waals surface area contributed by atoms with Crippen molar-refractivity contribution in [1.82, 2.24) is 4.90 Å². The van der Waals surface area contributed by atoms with E-state index in [-0.39, 0.29) is 0 Å². The first-order chi connectivity index (χ1) is 9.16. The van der Waals surface area contributed by atoms with Crippen molar-refractivity contribution in [3.8, 4) is 0 Å². The van der Waals surface area contributed by atoms with Crippen molar-refractivity contribution in [2.45, 2.75) is 13.0 Å². The fourth-order valence-electron chi connectivity index (χ4n) is 2.06. The monoisotopic (exact) mass is 279 g/mol. The first-order valence-corrected chi connectivity index (χ1v) is 7.69. The second-order valence-corrected chi connectivity index (χ2v) is 5.95. The molecular formula is C14H21N3OS. The number of aryl methyl sites for hydroxylation is 1. The highest BCUT2D eigenvalue weighted by Gasteiger charge is 2.13. The predicted octanol–water partition coefficient (Wildman–Crippen LogP) is 1.39. The summed E-state index contributed by atoms with van der Waals surface area (Å²) in [5.74, 6) is 2.74. The molecule has 19 heavy (non-hydrogen) atoms. The predicted molar refractivity (Wildman–Crippen MR) is 81.5 cm³/mol. The molecule has 5 heteroatoms. The number of nitrogens with two attached hydrogens (primary N) is 1. The van der Waals surface area contributed by atoms with Crippen LogP contribution in [0.3, 0.4) is 0 Å². The van der Waals surface area contributed by atoms with Crippen LogP contribution >= 0.6 is 11.8 Å². The van der Waals surface area contributed by atoms with E-state index in [9.17, 15) is 5.11 Å². The van der Waals surface area contributed by atoms with Crippen molar-refractivity contribution >= 4 is 17.7 Å².